The van der Waals surface area contributed by atoms with Crippen LogP contribution >= 0.6 is 23.4 Å². The summed E-state index contributed by atoms with van der Waals surface area (Å²) in [6.07, 6.45) is 1.68. The summed E-state index contributed by atoms with van der Waals surface area (Å²) in [7, 11) is 0. The third-order valence-electron chi connectivity index (χ3n) is 4.83. The lowest BCUT2D eigenvalue weighted by Gasteiger charge is -2.13. The molecule has 1 aliphatic heterocycles. The Morgan fingerprint density at radius 3 is 2.53 bits per heavy atom. The summed E-state index contributed by atoms with van der Waals surface area (Å²) in [4.78, 5) is 38.9. The largest absolute Gasteiger partial charge is 0.493 e. The van der Waals surface area contributed by atoms with Gasteiger partial charge in [-0.05, 0) is 53.9 Å². The van der Waals surface area contributed by atoms with E-state index in [0.29, 0.717) is 17.3 Å². The summed E-state index contributed by atoms with van der Waals surface area (Å²) in [5.74, 6) is -0.259. The molecule has 1 fully saturated rings. The number of halogens is 1. The fourth-order valence-electron chi connectivity index (χ4n) is 3.38. The third kappa shape index (κ3) is 4.49. The van der Waals surface area contributed by atoms with Crippen molar-refractivity contribution in [3.8, 4) is 5.75 Å². The van der Waals surface area contributed by atoms with E-state index in [2.05, 4.69) is 5.32 Å². The van der Waals surface area contributed by atoms with Gasteiger partial charge in [0.2, 0.25) is 5.91 Å². The molecule has 0 spiro atoms. The molecular weight excluding hydrogens is 448 g/mol. The van der Waals surface area contributed by atoms with E-state index in [1.165, 1.54) is 0 Å². The van der Waals surface area contributed by atoms with Crippen molar-refractivity contribution in [2.45, 2.75) is 6.92 Å². The number of hydrogen-bond donors (Lipinski definition) is 1. The highest BCUT2D eigenvalue weighted by atomic mass is 35.5. The van der Waals surface area contributed by atoms with Crippen molar-refractivity contribution >= 4 is 63.0 Å². The van der Waals surface area contributed by atoms with Crippen LogP contribution in [-0.4, -0.2) is 35.1 Å². The number of benzene rings is 3. The highest BCUT2D eigenvalue weighted by Crippen LogP contribution is 2.35. The predicted molar refractivity (Wildman–Crippen MR) is 128 cm³/mol. The van der Waals surface area contributed by atoms with Crippen LogP contribution in [0.2, 0.25) is 5.02 Å². The molecule has 1 aliphatic rings. The van der Waals surface area contributed by atoms with Crippen LogP contribution in [0.5, 0.6) is 5.75 Å². The average molecular weight is 467 g/mol. The van der Waals surface area contributed by atoms with Gasteiger partial charge in [0.1, 0.15) is 12.3 Å². The molecule has 0 saturated carbocycles. The number of hydrogen-bond acceptors (Lipinski definition) is 5. The number of fused-ring (bicyclic) bond motifs is 1. The van der Waals surface area contributed by atoms with Crippen LogP contribution in [0.3, 0.4) is 0 Å². The lowest BCUT2D eigenvalue weighted by atomic mass is 10.0. The van der Waals surface area contributed by atoms with Crippen molar-refractivity contribution in [2.75, 3.05) is 18.5 Å². The molecule has 0 radical (unpaired) electrons. The van der Waals surface area contributed by atoms with Crippen LogP contribution < -0.4 is 10.1 Å². The number of imide groups is 1. The molecule has 0 aromatic heterocycles. The van der Waals surface area contributed by atoms with E-state index < -0.39 is 23.6 Å². The first kappa shape index (κ1) is 21.9. The van der Waals surface area contributed by atoms with Gasteiger partial charge in [0.15, 0.2) is 0 Å². The zero-order chi connectivity index (χ0) is 22.7. The topological polar surface area (TPSA) is 75.7 Å². The molecule has 0 aliphatic carbocycles. The second-order valence-corrected chi connectivity index (χ2v) is 8.33. The van der Waals surface area contributed by atoms with Crippen molar-refractivity contribution in [3.63, 3.8) is 0 Å². The third-order valence-corrected chi connectivity index (χ3v) is 6.06. The van der Waals surface area contributed by atoms with Crippen molar-refractivity contribution < 1.29 is 19.1 Å². The van der Waals surface area contributed by atoms with Crippen molar-refractivity contribution in [1.29, 1.82) is 0 Å². The minimum atomic E-state index is -0.507. The Morgan fingerprint density at radius 2 is 1.78 bits per heavy atom. The average Bonchev–Trinajstić information content (AvgIpc) is 3.04. The molecule has 0 bridgehead atoms. The zero-order valence-electron chi connectivity index (χ0n) is 17.1. The van der Waals surface area contributed by atoms with Crippen molar-refractivity contribution in [2.24, 2.45) is 0 Å². The Labute approximate surface area is 194 Å². The minimum absolute atomic E-state index is 0.259. The van der Waals surface area contributed by atoms with Crippen LogP contribution in [0.4, 0.5) is 10.5 Å². The van der Waals surface area contributed by atoms with Crippen LogP contribution in [0.25, 0.3) is 16.8 Å². The Bertz CT molecular complexity index is 1260. The Hall–Kier alpha value is -3.29. The van der Waals surface area contributed by atoms with E-state index in [4.69, 9.17) is 16.3 Å². The number of carbonyl (C=O) groups is 3. The molecule has 0 atom stereocenters. The number of anilines is 1. The summed E-state index contributed by atoms with van der Waals surface area (Å²) in [6, 6.07) is 18.2. The first-order valence-corrected chi connectivity index (χ1v) is 11.1. The zero-order valence-corrected chi connectivity index (χ0v) is 18.7. The van der Waals surface area contributed by atoms with Gasteiger partial charge in [0.25, 0.3) is 11.1 Å². The van der Waals surface area contributed by atoms with Gasteiger partial charge in [-0.3, -0.25) is 19.3 Å². The second-order valence-electron chi connectivity index (χ2n) is 6.93. The van der Waals surface area contributed by atoms with Gasteiger partial charge in [-0.2, -0.15) is 0 Å². The van der Waals surface area contributed by atoms with Crippen LogP contribution in [0, 0.1) is 0 Å². The van der Waals surface area contributed by atoms with Crippen molar-refractivity contribution in [3.05, 3.63) is 76.2 Å². The van der Waals surface area contributed by atoms with Crippen LogP contribution in [0.15, 0.2) is 65.6 Å². The molecule has 3 aromatic carbocycles. The molecule has 3 amide bonds. The Balaban J connectivity index is 1.56. The normalized spacial score (nSPS) is 14.9. The molecule has 3 aromatic rings. The lowest BCUT2D eigenvalue weighted by molar-refractivity contribution is -0.127. The van der Waals surface area contributed by atoms with Gasteiger partial charge in [-0.25, -0.2) is 0 Å². The van der Waals surface area contributed by atoms with E-state index in [-0.39, 0.29) is 4.91 Å². The van der Waals surface area contributed by atoms with Gasteiger partial charge in [0, 0.05) is 5.39 Å². The Morgan fingerprint density at radius 1 is 1.06 bits per heavy atom. The van der Waals surface area contributed by atoms with Gasteiger partial charge >= 0.3 is 0 Å². The Kier molecular flexibility index (Phi) is 6.48. The smallest absolute Gasteiger partial charge is 0.294 e. The quantitative estimate of drug-likeness (QED) is 0.481. The molecule has 8 heteroatoms. The fourth-order valence-corrected chi connectivity index (χ4v) is 4.39. The summed E-state index contributed by atoms with van der Waals surface area (Å²) >= 11 is 6.86. The second kappa shape index (κ2) is 9.46. The summed E-state index contributed by atoms with van der Waals surface area (Å²) in [5.41, 5.74) is 1.21. The number of nitrogens with zero attached hydrogens (tertiary/aromatic N) is 1. The number of carbonyl (C=O) groups excluding carboxylic acids is 3. The van der Waals surface area contributed by atoms with Gasteiger partial charge < -0.3 is 10.1 Å². The molecule has 1 N–H and O–H groups in total. The van der Waals surface area contributed by atoms with Crippen LogP contribution in [-0.2, 0) is 9.59 Å². The molecule has 1 heterocycles. The summed E-state index contributed by atoms with van der Waals surface area (Å²) < 4.78 is 5.69. The van der Waals surface area contributed by atoms with Gasteiger partial charge in [-0.1, -0.05) is 54.1 Å². The number of ether oxygens (including phenoxy) is 1. The first-order chi connectivity index (χ1) is 15.5. The fraction of sp³-hybridized carbons (Fsp3) is 0.125. The van der Waals surface area contributed by atoms with Gasteiger partial charge in [-0.15, -0.1) is 0 Å². The standard InChI is InChI=1S/C24H19ClN2O4S/c1-2-31-20-12-11-15(16-7-3-4-8-17(16)20)13-21-23(29)27(24(30)32-21)14-22(28)26-19-10-6-5-9-18(19)25/h3-13H,2,14H2,1H3,(H,26,28)/b21-13+. The summed E-state index contributed by atoms with van der Waals surface area (Å²) in [5, 5.41) is 4.33. The maximum absolute atomic E-state index is 12.9. The minimum Gasteiger partial charge on any atom is -0.493 e. The first-order valence-electron chi connectivity index (χ1n) is 9.92. The van der Waals surface area contributed by atoms with E-state index in [9.17, 15) is 14.4 Å². The maximum atomic E-state index is 12.9. The van der Waals surface area contributed by atoms with Crippen molar-refractivity contribution in [1.82, 2.24) is 4.90 Å². The van der Waals surface area contributed by atoms with E-state index in [1.54, 1.807) is 30.3 Å². The number of para-hydroxylation sites is 1. The molecule has 4 rings (SSSR count). The maximum Gasteiger partial charge on any atom is 0.294 e. The van der Waals surface area contributed by atoms with Gasteiger partial charge in [0.05, 0.1) is 22.2 Å². The lowest BCUT2D eigenvalue weighted by Crippen LogP contribution is -2.36. The highest BCUT2D eigenvalue weighted by molar-refractivity contribution is 8.18. The monoisotopic (exact) mass is 466 g/mol. The number of amides is 3. The van der Waals surface area contributed by atoms with E-state index in [1.807, 2.05) is 43.3 Å². The number of nitrogens with one attached hydrogen (secondary N) is 1. The predicted octanol–water partition coefficient (Wildman–Crippen LogP) is 5.57. The SMILES string of the molecule is CCOc1ccc(/C=C2/SC(=O)N(CC(=O)Nc3ccccc3Cl)C2=O)c2ccccc12. The van der Waals surface area contributed by atoms with E-state index in [0.717, 1.165) is 38.7 Å². The number of thioether (sulfide) groups is 1. The van der Waals surface area contributed by atoms with E-state index >= 15 is 0 Å². The molecule has 162 valence electrons. The molecular formula is C24H19ClN2O4S. The molecule has 32 heavy (non-hydrogen) atoms. The number of rotatable bonds is 6. The summed E-state index contributed by atoms with van der Waals surface area (Å²) in [6.45, 7) is 2.07. The molecule has 0 unspecified atom stereocenters. The molecule has 1 saturated heterocycles. The van der Waals surface area contributed by atoms with Crippen LogP contribution in [0.1, 0.15) is 12.5 Å². The molecule has 6 nitrogen and oxygen atoms in total. The highest BCUT2D eigenvalue weighted by Gasteiger charge is 2.36.